The highest BCUT2D eigenvalue weighted by atomic mass is 32.2. The van der Waals surface area contributed by atoms with Crippen LogP contribution in [0.4, 0.5) is 0 Å². The van der Waals surface area contributed by atoms with Gasteiger partial charge in [0.2, 0.25) is 0 Å². The van der Waals surface area contributed by atoms with Crippen LogP contribution in [0.15, 0.2) is 0 Å². The van der Waals surface area contributed by atoms with Gasteiger partial charge in [0.05, 0.1) is 24.9 Å². The van der Waals surface area contributed by atoms with Gasteiger partial charge in [-0.1, -0.05) is 0 Å². The van der Waals surface area contributed by atoms with Crippen molar-refractivity contribution >= 4 is 16.8 Å². The zero-order valence-electron chi connectivity index (χ0n) is 8.52. The minimum atomic E-state index is -0.973. The first-order valence-electron chi connectivity index (χ1n) is 4.70. The van der Waals surface area contributed by atoms with Crippen LogP contribution in [0.25, 0.3) is 0 Å². The van der Waals surface area contributed by atoms with E-state index >= 15 is 0 Å². The van der Waals surface area contributed by atoms with Crippen molar-refractivity contribution in [3.05, 3.63) is 0 Å². The zero-order valence-corrected chi connectivity index (χ0v) is 9.34. The molecule has 82 valence electrons. The Balaban J connectivity index is 2.31. The fourth-order valence-corrected chi connectivity index (χ4v) is 3.03. The van der Waals surface area contributed by atoms with Crippen LogP contribution in [0.3, 0.4) is 0 Å². The van der Waals surface area contributed by atoms with E-state index in [1.807, 2.05) is 6.92 Å². The van der Waals surface area contributed by atoms with Crippen LogP contribution in [0.1, 0.15) is 19.8 Å². The fourth-order valence-electron chi connectivity index (χ4n) is 1.49. The summed E-state index contributed by atoms with van der Waals surface area (Å²) in [5.74, 6) is 0.0790. The first kappa shape index (κ1) is 11.7. The van der Waals surface area contributed by atoms with E-state index in [1.54, 1.807) is 0 Å². The summed E-state index contributed by atoms with van der Waals surface area (Å²) >= 11 is 0. The molecule has 0 amide bonds. The van der Waals surface area contributed by atoms with Gasteiger partial charge in [-0.05, 0) is 13.3 Å². The molecular formula is C9H16O4S. The normalized spacial score (nSPS) is 28.7. The summed E-state index contributed by atoms with van der Waals surface area (Å²) in [6.45, 7) is 2.60. The number of carbonyl (C=O) groups is 1. The first-order valence-corrected chi connectivity index (χ1v) is 6.09. The number of methoxy groups -OCH3 is 1. The van der Waals surface area contributed by atoms with Gasteiger partial charge < -0.3 is 9.47 Å². The van der Waals surface area contributed by atoms with Gasteiger partial charge in [-0.3, -0.25) is 9.00 Å². The topological polar surface area (TPSA) is 52.6 Å². The number of hydrogen-bond acceptors (Lipinski definition) is 4. The molecule has 14 heavy (non-hydrogen) atoms. The Labute approximate surface area is 86.4 Å². The van der Waals surface area contributed by atoms with Crippen LogP contribution >= 0.6 is 0 Å². The predicted octanol–water partition coefficient (Wildman–Crippen LogP) is 0.476. The Morgan fingerprint density at radius 2 is 2.36 bits per heavy atom. The maximum Gasteiger partial charge on any atom is 0.306 e. The van der Waals surface area contributed by atoms with E-state index in [1.165, 1.54) is 7.11 Å². The van der Waals surface area contributed by atoms with Crippen LogP contribution in [0.5, 0.6) is 0 Å². The Bertz CT molecular complexity index is 229. The van der Waals surface area contributed by atoms with Gasteiger partial charge in [0.1, 0.15) is 0 Å². The van der Waals surface area contributed by atoms with Crippen molar-refractivity contribution in [2.24, 2.45) is 0 Å². The molecule has 0 aromatic carbocycles. The Kier molecular flexibility index (Phi) is 4.54. The number of rotatable bonds is 4. The van der Waals surface area contributed by atoms with Gasteiger partial charge in [-0.15, -0.1) is 0 Å². The van der Waals surface area contributed by atoms with E-state index < -0.39 is 10.8 Å². The molecule has 1 aliphatic heterocycles. The second-order valence-corrected chi connectivity index (χ2v) is 5.09. The second kappa shape index (κ2) is 5.46. The van der Waals surface area contributed by atoms with Gasteiger partial charge in [0.15, 0.2) is 0 Å². The number of hydrogen-bond donors (Lipinski definition) is 0. The fraction of sp³-hybridized carbons (Fsp3) is 0.889. The Morgan fingerprint density at radius 3 is 2.86 bits per heavy atom. The summed E-state index contributed by atoms with van der Waals surface area (Å²) in [6.07, 6.45) is 1.11. The molecule has 0 radical (unpaired) electrons. The lowest BCUT2D eigenvalue weighted by Gasteiger charge is -2.12. The maximum atomic E-state index is 11.7. The molecule has 4 nitrogen and oxygen atoms in total. The predicted molar refractivity (Wildman–Crippen MR) is 53.5 cm³/mol. The lowest BCUT2D eigenvalue weighted by atomic mass is 10.3. The third kappa shape index (κ3) is 3.06. The molecule has 1 aliphatic rings. The molecule has 0 saturated carbocycles. The van der Waals surface area contributed by atoms with Crippen LogP contribution in [-0.4, -0.2) is 41.0 Å². The van der Waals surface area contributed by atoms with E-state index in [-0.39, 0.29) is 23.7 Å². The molecule has 5 heteroatoms. The van der Waals surface area contributed by atoms with Crippen molar-refractivity contribution in [2.45, 2.75) is 31.1 Å². The molecule has 0 aromatic heterocycles. The molecular weight excluding hydrogens is 204 g/mol. The smallest absolute Gasteiger partial charge is 0.306 e. The number of esters is 1. The lowest BCUT2D eigenvalue weighted by Crippen LogP contribution is -2.25. The van der Waals surface area contributed by atoms with Crippen LogP contribution in [0, 0.1) is 0 Å². The lowest BCUT2D eigenvalue weighted by molar-refractivity contribution is -0.140. The van der Waals surface area contributed by atoms with Crippen molar-refractivity contribution in [3.63, 3.8) is 0 Å². The molecule has 1 saturated heterocycles. The zero-order chi connectivity index (χ0) is 10.6. The van der Waals surface area contributed by atoms with E-state index in [2.05, 4.69) is 4.74 Å². The van der Waals surface area contributed by atoms with Crippen LogP contribution < -0.4 is 0 Å². The minimum absolute atomic E-state index is 0.0495. The molecule has 1 fully saturated rings. The molecule has 3 atom stereocenters. The molecule has 0 spiro atoms. The van der Waals surface area contributed by atoms with Crippen molar-refractivity contribution < 1.29 is 18.5 Å². The highest BCUT2D eigenvalue weighted by molar-refractivity contribution is 7.85. The average Bonchev–Trinajstić information content (AvgIpc) is 2.60. The number of carbonyl (C=O) groups excluding carboxylic acids is 1. The number of ether oxygens (including phenoxy) is 2. The van der Waals surface area contributed by atoms with Crippen molar-refractivity contribution in [2.75, 3.05) is 19.5 Å². The molecule has 0 aromatic rings. The molecule has 0 bridgehead atoms. The summed E-state index contributed by atoms with van der Waals surface area (Å²) in [4.78, 5) is 10.8. The maximum absolute atomic E-state index is 11.7. The Morgan fingerprint density at radius 1 is 1.64 bits per heavy atom. The monoisotopic (exact) mass is 220 g/mol. The molecule has 0 aliphatic carbocycles. The highest BCUT2D eigenvalue weighted by Gasteiger charge is 2.29. The Hall–Kier alpha value is -0.420. The highest BCUT2D eigenvalue weighted by Crippen LogP contribution is 2.19. The van der Waals surface area contributed by atoms with Gasteiger partial charge in [0, 0.05) is 23.2 Å². The largest absolute Gasteiger partial charge is 0.469 e. The van der Waals surface area contributed by atoms with Crippen molar-refractivity contribution in [1.82, 2.24) is 0 Å². The van der Waals surface area contributed by atoms with Gasteiger partial charge in [0.25, 0.3) is 0 Å². The quantitative estimate of drug-likeness (QED) is 0.646. The third-order valence-corrected chi connectivity index (χ3v) is 4.28. The van der Waals surface area contributed by atoms with Crippen molar-refractivity contribution in [3.8, 4) is 0 Å². The van der Waals surface area contributed by atoms with E-state index in [0.717, 1.165) is 6.42 Å². The van der Waals surface area contributed by atoms with Gasteiger partial charge >= 0.3 is 5.97 Å². The van der Waals surface area contributed by atoms with E-state index in [0.29, 0.717) is 12.4 Å². The van der Waals surface area contributed by atoms with Gasteiger partial charge in [-0.25, -0.2) is 0 Å². The molecule has 1 heterocycles. The molecule has 3 unspecified atom stereocenters. The summed E-state index contributed by atoms with van der Waals surface area (Å²) in [7, 11) is 0.366. The summed E-state index contributed by atoms with van der Waals surface area (Å²) < 4.78 is 21.5. The molecule has 0 N–H and O–H groups in total. The SMILES string of the molecule is COC(=O)CCS(=O)C1CCOC1C. The minimum Gasteiger partial charge on any atom is -0.469 e. The standard InChI is InChI=1S/C9H16O4S/c1-7-8(3-5-13-7)14(11)6-4-9(10)12-2/h7-8H,3-6H2,1-2H3. The molecule has 1 rings (SSSR count). The third-order valence-electron chi connectivity index (χ3n) is 2.38. The van der Waals surface area contributed by atoms with Crippen LogP contribution in [0.2, 0.25) is 0 Å². The van der Waals surface area contributed by atoms with E-state index in [4.69, 9.17) is 4.74 Å². The first-order chi connectivity index (χ1) is 6.65. The summed E-state index contributed by atoms with van der Waals surface area (Å²) in [5.41, 5.74) is 0. The van der Waals surface area contributed by atoms with Gasteiger partial charge in [-0.2, -0.15) is 0 Å². The summed E-state index contributed by atoms with van der Waals surface area (Å²) in [5, 5.41) is 0.0830. The van der Waals surface area contributed by atoms with E-state index in [9.17, 15) is 9.00 Å². The second-order valence-electron chi connectivity index (χ2n) is 3.31. The van der Waals surface area contributed by atoms with Crippen LogP contribution in [-0.2, 0) is 25.1 Å². The van der Waals surface area contributed by atoms with Crippen molar-refractivity contribution in [1.29, 1.82) is 0 Å². The summed E-state index contributed by atoms with van der Waals surface area (Å²) in [6, 6.07) is 0. The average molecular weight is 220 g/mol.